The Bertz CT molecular complexity index is 1170. The zero-order valence-corrected chi connectivity index (χ0v) is 17.5. The molecule has 1 aliphatic rings. The Kier molecular flexibility index (Phi) is 6.17. The molecule has 0 radical (unpaired) electrons. The molecule has 162 valence electrons. The van der Waals surface area contributed by atoms with E-state index in [1.54, 1.807) is 35.2 Å². The highest BCUT2D eigenvalue weighted by atomic mass is 16.2. The van der Waals surface area contributed by atoms with E-state index in [9.17, 15) is 14.4 Å². The fourth-order valence-corrected chi connectivity index (χ4v) is 3.78. The van der Waals surface area contributed by atoms with Gasteiger partial charge in [-0.1, -0.05) is 42.5 Å². The molecule has 3 aromatic carbocycles. The molecule has 1 saturated heterocycles. The molecular weight excluding hydrogens is 404 g/mol. The Labute approximate surface area is 186 Å². The Morgan fingerprint density at radius 1 is 0.969 bits per heavy atom. The van der Waals surface area contributed by atoms with Gasteiger partial charge in [0.25, 0.3) is 0 Å². The number of carbonyl (C=O) groups is 3. The summed E-state index contributed by atoms with van der Waals surface area (Å²) in [6, 6.07) is 20.2. The highest BCUT2D eigenvalue weighted by Crippen LogP contribution is 2.32. The summed E-state index contributed by atoms with van der Waals surface area (Å²) in [6.07, 6.45) is 1.76. The molecule has 4 rings (SSSR count). The van der Waals surface area contributed by atoms with Gasteiger partial charge in [0.2, 0.25) is 11.8 Å². The predicted molar refractivity (Wildman–Crippen MR) is 127 cm³/mol. The van der Waals surface area contributed by atoms with E-state index < -0.39 is 5.92 Å². The van der Waals surface area contributed by atoms with Gasteiger partial charge in [0.1, 0.15) is 0 Å². The normalized spacial score (nSPS) is 15.4. The molecule has 1 unspecified atom stereocenters. The summed E-state index contributed by atoms with van der Waals surface area (Å²) in [4.78, 5) is 38.9. The maximum atomic E-state index is 12.8. The molecule has 3 N–H and O–H groups in total. The van der Waals surface area contributed by atoms with Crippen LogP contribution in [0.5, 0.6) is 0 Å². The first-order valence-corrected chi connectivity index (χ1v) is 10.4. The van der Waals surface area contributed by atoms with Crippen molar-refractivity contribution in [2.24, 2.45) is 5.92 Å². The van der Waals surface area contributed by atoms with Gasteiger partial charge in [0.15, 0.2) is 0 Å². The lowest BCUT2D eigenvalue weighted by atomic mass is 10.1. The van der Waals surface area contributed by atoms with Crippen LogP contribution in [0.25, 0.3) is 10.8 Å². The van der Waals surface area contributed by atoms with Gasteiger partial charge >= 0.3 is 6.03 Å². The van der Waals surface area contributed by atoms with Gasteiger partial charge < -0.3 is 20.9 Å². The van der Waals surface area contributed by atoms with Crippen molar-refractivity contribution in [3.63, 3.8) is 0 Å². The van der Waals surface area contributed by atoms with E-state index in [4.69, 9.17) is 0 Å². The molecule has 1 aliphatic heterocycles. The van der Waals surface area contributed by atoms with Crippen LogP contribution in [-0.4, -0.2) is 30.9 Å². The van der Waals surface area contributed by atoms with Crippen LogP contribution in [0.3, 0.4) is 0 Å². The second-order valence-corrected chi connectivity index (χ2v) is 7.59. The predicted octanol–water partition coefficient (Wildman–Crippen LogP) is 4.14. The number of hydrogen-bond acceptors (Lipinski definition) is 3. The lowest BCUT2D eigenvalue weighted by Crippen LogP contribution is -2.28. The molecule has 4 amide bonds. The van der Waals surface area contributed by atoms with Gasteiger partial charge in [0.05, 0.1) is 11.6 Å². The minimum absolute atomic E-state index is 0.0633. The molecule has 7 heteroatoms. The Balaban J connectivity index is 1.40. The number of nitrogens with one attached hydrogen (secondary N) is 3. The summed E-state index contributed by atoms with van der Waals surface area (Å²) >= 11 is 0. The number of urea groups is 1. The molecule has 0 spiro atoms. The third-order valence-electron chi connectivity index (χ3n) is 5.37. The van der Waals surface area contributed by atoms with E-state index in [0.717, 1.165) is 16.5 Å². The number of anilines is 3. The summed E-state index contributed by atoms with van der Waals surface area (Å²) in [6.45, 7) is 4.25. The summed E-state index contributed by atoms with van der Waals surface area (Å²) in [5.41, 5.74) is 2.03. The summed E-state index contributed by atoms with van der Waals surface area (Å²) in [5, 5.41) is 10.2. The quantitative estimate of drug-likeness (QED) is 0.516. The highest BCUT2D eigenvalue weighted by molar-refractivity contribution is 6.08. The van der Waals surface area contributed by atoms with Crippen LogP contribution in [0.2, 0.25) is 0 Å². The van der Waals surface area contributed by atoms with Gasteiger partial charge in [-0.25, -0.2) is 4.79 Å². The zero-order chi connectivity index (χ0) is 22.5. The largest absolute Gasteiger partial charge is 0.334 e. The van der Waals surface area contributed by atoms with Gasteiger partial charge in [-0.15, -0.1) is 6.58 Å². The molecule has 0 aliphatic carbocycles. The van der Waals surface area contributed by atoms with E-state index >= 15 is 0 Å². The number of hydrogen-bond donors (Lipinski definition) is 3. The SMILES string of the molecule is C=CCNC(=O)Nc1ccc(NC(=O)C2CC(=O)N(c3cccc4ccccc34)C2)cc1. The lowest BCUT2D eigenvalue weighted by molar-refractivity contribution is -0.122. The molecule has 1 fully saturated rings. The molecule has 0 aromatic heterocycles. The molecular formula is C25H24N4O3. The molecule has 1 atom stereocenters. The second-order valence-electron chi connectivity index (χ2n) is 7.59. The molecule has 7 nitrogen and oxygen atoms in total. The Morgan fingerprint density at radius 2 is 1.66 bits per heavy atom. The van der Waals surface area contributed by atoms with Crippen LogP contribution in [-0.2, 0) is 9.59 Å². The van der Waals surface area contributed by atoms with Crippen molar-refractivity contribution >= 4 is 45.7 Å². The number of amides is 4. The van der Waals surface area contributed by atoms with E-state index in [-0.39, 0.29) is 24.3 Å². The number of benzene rings is 3. The van der Waals surface area contributed by atoms with E-state index in [2.05, 4.69) is 22.5 Å². The smallest absolute Gasteiger partial charge is 0.319 e. The molecule has 0 saturated carbocycles. The number of rotatable bonds is 6. The van der Waals surface area contributed by atoms with Crippen LogP contribution in [0.1, 0.15) is 6.42 Å². The maximum absolute atomic E-state index is 12.8. The van der Waals surface area contributed by atoms with E-state index in [0.29, 0.717) is 24.5 Å². The zero-order valence-electron chi connectivity index (χ0n) is 17.5. The fraction of sp³-hybridized carbons (Fsp3) is 0.160. The van der Waals surface area contributed by atoms with Gasteiger partial charge in [0, 0.05) is 36.3 Å². The van der Waals surface area contributed by atoms with Crippen LogP contribution in [0, 0.1) is 5.92 Å². The van der Waals surface area contributed by atoms with Crippen molar-refractivity contribution in [2.75, 3.05) is 28.6 Å². The minimum atomic E-state index is -0.441. The van der Waals surface area contributed by atoms with Crippen molar-refractivity contribution in [1.29, 1.82) is 0 Å². The molecule has 32 heavy (non-hydrogen) atoms. The second kappa shape index (κ2) is 9.34. The summed E-state index contributed by atoms with van der Waals surface area (Å²) < 4.78 is 0. The van der Waals surface area contributed by atoms with Crippen LogP contribution in [0.15, 0.2) is 79.4 Å². The number of nitrogens with zero attached hydrogens (tertiary/aromatic N) is 1. The third-order valence-corrected chi connectivity index (χ3v) is 5.37. The third kappa shape index (κ3) is 4.62. The monoisotopic (exact) mass is 428 g/mol. The van der Waals surface area contributed by atoms with Crippen molar-refractivity contribution in [3.8, 4) is 0 Å². The molecule has 3 aromatic rings. The first-order chi connectivity index (χ1) is 15.5. The molecule has 0 bridgehead atoms. The van der Waals surface area contributed by atoms with Crippen LogP contribution >= 0.6 is 0 Å². The van der Waals surface area contributed by atoms with E-state index in [1.165, 1.54) is 0 Å². The van der Waals surface area contributed by atoms with Gasteiger partial charge in [-0.2, -0.15) is 0 Å². The maximum Gasteiger partial charge on any atom is 0.319 e. The average Bonchev–Trinajstić information content (AvgIpc) is 3.20. The van der Waals surface area contributed by atoms with Gasteiger partial charge in [-0.3, -0.25) is 9.59 Å². The Morgan fingerprint density at radius 3 is 2.41 bits per heavy atom. The standard InChI is InChI=1S/C25H24N4O3/c1-2-14-26-25(32)28-20-12-10-19(11-13-20)27-24(31)18-15-23(30)29(16-18)22-9-5-7-17-6-3-4-8-21(17)22/h2-13,18H,1,14-16H2,(H,27,31)(H2,26,28,32). The first-order valence-electron chi connectivity index (χ1n) is 10.4. The average molecular weight is 428 g/mol. The minimum Gasteiger partial charge on any atom is -0.334 e. The van der Waals surface area contributed by atoms with Crippen molar-refractivity contribution in [2.45, 2.75) is 6.42 Å². The first kappa shape index (κ1) is 21.1. The topological polar surface area (TPSA) is 90.5 Å². The van der Waals surface area contributed by atoms with Crippen molar-refractivity contribution in [3.05, 3.63) is 79.4 Å². The number of fused-ring (bicyclic) bond motifs is 1. The summed E-state index contributed by atoms with van der Waals surface area (Å²) in [7, 11) is 0. The van der Waals surface area contributed by atoms with Crippen molar-refractivity contribution < 1.29 is 14.4 Å². The van der Waals surface area contributed by atoms with Crippen LogP contribution in [0.4, 0.5) is 21.9 Å². The molecule has 1 heterocycles. The number of carbonyl (C=O) groups excluding carboxylic acids is 3. The Hall–Kier alpha value is -4.13. The highest BCUT2D eigenvalue weighted by Gasteiger charge is 2.35. The van der Waals surface area contributed by atoms with Gasteiger partial charge in [-0.05, 0) is 35.7 Å². The summed E-state index contributed by atoms with van der Waals surface area (Å²) in [5.74, 6) is -0.707. The van der Waals surface area contributed by atoms with Crippen molar-refractivity contribution in [1.82, 2.24) is 5.32 Å². The fourth-order valence-electron chi connectivity index (χ4n) is 3.78. The van der Waals surface area contributed by atoms with Crippen LogP contribution < -0.4 is 20.9 Å². The lowest BCUT2D eigenvalue weighted by Gasteiger charge is -2.19. The van der Waals surface area contributed by atoms with E-state index in [1.807, 2.05) is 42.5 Å².